The zero-order valence-corrected chi connectivity index (χ0v) is 14.7. The number of rotatable bonds is 4. The van der Waals surface area contributed by atoms with Gasteiger partial charge in [0.2, 0.25) is 0 Å². The van der Waals surface area contributed by atoms with Crippen molar-refractivity contribution in [2.75, 3.05) is 20.1 Å². The van der Waals surface area contributed by atoms with Crippen LogP contribution in [0.15, 0.2) is 29.2 Å². The van der Waals surface area contributed by atoms with Gasteiger partial charge in [-0.25, -0.2) is 8.42 Å². The highest BCUT2D eigenvalue weighted by Crippen LogP contribution is 2.22. The van der Waals surface area contributed by atoms with Crippen LogP contribution in [0.3, 0.4) is 0 Å². The number of amides is 1. The molecule has 7 heteroatoms. The molecule has 1 N–H and O–H groups in total. The van der Waals surface area contributed by atoms with Crippen molar-refractivity contribution in [2.24, 2.45) is 0 Å². The summed E-state index contributed by atoms with van der Waals surface area (Å²) in [6, 6.07) is 6.59. The average Bonchev–Trinajstić information content (AvgIpc) is 2.99. The summed E-state index contributed by atoms with van der Waals surface area (Å²) in [5, 5.41) is 2.66. The Bertz CT molecular complexity index is 625. The second-order valence-corrected chi connectivity index (χ2v) is 8.13. The van der Waals surface area contributed by atoms with Gasteiger partial charge in [0, 0.05) is 19.6 Å². The van der Waals surface area contributed by atoms with Crippen LogP contribution in [0.25, 0.3) is 0 Å². The van der Waals surface area contributed by atoms with Gasteiger partial charge in [0.1, 0.15) is 0 Å². The zero-order valence-electron chi connectivity index (χ0n) is 13.1. The van der Waals surface area contributed by atoms with Crippen molar-refractivity contribution in [3.8, 4) is 0 Å². The van der Waals surface area contributed by atoms with E-state index in [2.05, 4.69) is 5.32 Å². The second kappa shape index (κ2) is 7.44. The predicted molar refractivity (Wildman–Crippen MR) is 89.4 cm³/mol. The van der Waals surface area contributed by atoms with Crippen LogP contribution >= 0.6 is 12.4 Å². The Morgan fingerprint density at radius 1 is 1.32 bits per heavy atom. The summed E-state index contributed by atoms with van der Waals surface area (Å²) >= 11 is 0. The maximum atomic E-state index is 12.7. The van der Waals surface area contributed by atoms with Crippen molar-refractivity contribution in [1.29, 1.82) is 0 Å². The summed E-state index contributed by atoms with van der Waals surface area (Å²) in [5.41, 5.74) is 0.264. The molecular weight excluding hydrogens is 324 g/mol. The Balaban J connectivity index is 0.00000242. The molecule has 1 aromatic carbocycles. The number of nitrogens with zero attached hydrogens (tertiary/aromatic N) is 1. The zero-order chi connectivity index (χ0) is 15.6. The van der Waals surface area contributed by atoms with Crippen LogP contribution in [0.2, 0.25) is 0 Å². The summed E-state index contributed by atoms with van der Waals surface area (Å²) in [6.45, 7) is 4.89. The highest BCUT2D eigenvalue weighted by molar-refractivity contribution is 7.92. The lowest BCUT2D eigenvalue weighted by Crippen LogP contribution is -2.39. The van der Waals surface area contributed by atoms with E-state index in [0.717, 1.165) is 19.5 Å². The van der Waals surface area contributed by atoms with E-state index in [0.29, 0.717) is 0 Å². The van der Waals surface area contributed by atoms with Crippen molar-refractivity contribution >= 4 is 28.2 Å². The van der Waals surface area contributed by atoms with Crippen molar-refractivity contribution in [3.05, 3.63) is 29.8 Å². The van der Waals surface area contributed by atoms with E-state index < -0.39 is 15.1 Å². The number of nitrogens with one attached hydrogen (secondary N) is 1. The van der Waals surface area contributed by atoms with E-state index >= 15 is 0 Å². The summed E-state index contributed by atoms with van der Waals surface area (Å²) in [6.07, 6.45) is 0.890. The Morgan fingerprint density at radius 2 is 1.95 bits per heavy atom. The van der Waals surface area contributed by atoms with Crippen molar-refractivity contribution in [2.45, 2.75) is 36.5 Å². The standard InChI is InChI=1S/C15H22N2O3S.ClH/c1-11(2)21(19,20)14-7-5-4-6-13(14)15(18)17(3)12-8-9-16-10-12;/h4-7,11-12,16H,8-10H2,1-3H3;1H. The van der Waals surface area contributed by atoms with E-state index in [1.54, 1.807) is 44.0 Å². The van der Waals surface area contributed by atoms with Crippen molar-refractivity contribution < 1.29 is 13.2 Å². The van der Waals surface area contributed by atoms with Gasteiger partial charge in [-0.1, -0.05) is 12.1 Å². The maximum Gasteiger partial charge on any atom is 0.255 e. The normalized spacial score (nSPS) is 18.1. The first-order chi connectivity index (χ1) is 9.85. The SMILES string of the molecule is CC(C)S(=O)(=O)c1ccccc1C(=O)N(C)C1CCNC1.Cl. The van der Waals surface area contributed by atoms with E-state index in [9.17, 15) is 13.2 Å². The Hall–Kier alpha value is -1.11. The molecular formula is C15H23ClN2O3S. The second-order valence-electron chi connectivity index (χ2n) is 5.65. The number of carbonyl (C=O) groups excluding carboxylic acids is 1. The van der Waals surface area contributed by atoms with Gasteiger partial charge in [-0.05, 0) is 38.9 Å². The molecule has 0 radical (unpaired) electrons. The average molecular weight is 347 g/mol. The maximum absolute atomic E-state index is 12.7. The minimum atomic E-state index is -3.47. The summed E-state index contributed by atoms with van der Waals surface area (Å²) in [5.74, 6) is -0.233. The van der Waals surface area contributed by atoms with Crippen LogP contribution < -0.4 is 5.32 Å². The molecule has 0 bridgehead atoms. The fraction of sp³-hybridized carbons (Fsp3) is 0.533. The number of hydrogen-bond donors (Lipinski definition) is 1. The third-order valence-corrected chi connectivity index (χ3v) is 6.16. The number of hydrogen-bond acceptors (Lipinski definition) is 4. The van der Waals surface area contributed by atoms with E-state index in [1.165, 1.54) is 6.07 Å². The highest BCUT2D eigenvalue weighted by Gasteiger charge is 2.29. The van der Waals surface area contributed by atoms with Gasteiger partial charge in [0.05, 0.1) is 15.7 Å². The first-order valence-corrected chi connectivity index (χ1v) is 8.71. The smallest absolute Gasteiger partial charge is 0.255 e. The molecule has 0 saturated carbocycles. The van der Waals surface area contributed by atoms with Crippen LogP contribution in [-0.2, 0) is 9.84 Å². The van der Waals surface area contributed by atoms with Gasteiger partial charge in [0.25, 0.3) is 5.91 Å². The van der Waals surface area contributed by atoms with Crippen LogP contribution in [0, 0.1) is 0 Å². The summed E-state index contributed by atoms with van der Waals surface area (Å²) in [7, 11) is -1.74. The molecule has 1 saturated heterocycles. The molecule has 5 nitrogen and oxygen atoms in total. The molecule has 0 aliphatic carbocycles. The molecule has 1 aliphatic rings. The topological polar surface area (TPSA) is 66.5 Å². The fourth-order valence-corrected chi connectivity index (χ4v) is 3.71. The van der Waals surface area contributed by atoms with Crippen molar-refractivity contribution in [1.82, 2.24) is 10.2 Å². The quantitative estimate of drug-likeness (QED) is 0.901. The lowest BCUT2D eigenvalue weighted by Gasteiger charge is -2.25. The molecule has 0 aromatic heterocycles. The van der Waals surface area contributed by atoms with Crippen molar-refractivity contribution in [3.63, 3.8) is 0 Å². The lowest BCUT2D eigenvalue weighted by molar-refractivity contribution is 0.0740. The third kappa shape index (κ3) is 3.62. The molecule has 0 spiro atoms. The number of benzene rings is 1. The van der Waals surface area contributed by atoms with Gasteiger partial charge in [-0.3, -0.25) is 4.79 Å². The Morgan fingerprint density at radius 3 is 2.50 bits per heavy atom. The monoisotopic (exact) mass is 346 g/mol. The van der Waals surface area contributed by atoms with E-state index in [1.807, 2.05) is 0 Å². The van der Waals surface area contributed by atoms with Crippen LogP contribution in [0.1, 0.15) is 30.6 Å². The summed E-state index contributed by atoms with van der Waals surface area (Å²) < 4.78 is 24.8. The van der Waals surface area contributed by atoms with Gasteiger partial charge < -0.3 is 10.2 Å². The van der Waals surface area contributed by atoms with Crippen LogP contribution in [-0.4, -0.2) is 50.7 Å². The first-order valence-electron chi connectivity index (χ1n) is 7.16. The van der Waals surface area contributed by atoms with E-state index in [4.69, 9.17) is 0 Å². The number of sulfone groups is 1. The molecule has 1 heterocycles. The fourth-order valence-electron chi connectivity index (χ4n) is 2.47. The van der Waals surface area contributed by atoms with Gasteiger partial charge >= 0.3 is 0 Å². The number of halogens is 1. The van der Waals surface area contributed by atoms with Gasteiger partial charge in [-0.15, -0.1) is 12.4 Å². The minimum absolute atomic E-state index is 0. The van der Waals surface area contributed by atoms with Gasteiger partial charge in [-0.2, -0.15) is 0 Å². The summed E-state index contributed by atoms with van der Waals surface area (Å²) in [4.78, 5) is 14.4. The molecule has 1 atom stereocenters. The van der Waals surface area contributed by atoms with Gasteiger partial charge in [0.15, 0.2) is 9.84 Å². The first kappa shape index (κ1) is 18.9. The molecule has 1 aromatic rings. The Labute approximate surface area is 138 Å². The molecule has 1 fully saturated rings. The highest BCUT2D eigenvalue weighted by atomic mass is 35.5. The largest absolute Gasteiger partial charge is 0.337 e. The number of likely N-dealkylation sites (N-methyl/N-ethyl adjacent to an activating group) is 1. The molecule has 22 heavy (non-hydrogen) atoms. The van der Waals surface area contributed by atoms with Crippen LogP contribution in [0.5, 0.6) is 0 Å². The Kier molecular flexibility index (Phi) is 6.40. The van der Waals surface area contributed by atoms with E-state index in [-0.39, 0.29) is 34.8 Å². The molecule has 124 valence electrons. The minimum Gasteiger partial charge on any atom is -0.337 e. The molecule has 2 rings (SSSR count). The third-order valence-electron chi connectivity index (χ3n) is 3.95. The predicted octanol–water partition coefficient (Wildman–Crippen LogP) is 1.72. The number of carbonyl (C=O) groups is 1. The molecule has 1 amide bonds. The lowest BCUT2D eigenvalue weighted by atomic mass is 10.1. The van der Waals surface area contributed by atoms with Crippen LogP contribution in [0.4, 0.5) is 0 Å². The molecule has 1 aliphatic heterocycles. The molecule has 1 unspecified atom stereocenters.